The van der Waals surface area contributed by atoms with Crippen LogP contribution in [0.4, 0.5) is 0 Å². The lowest BCUT2D eigenvalue weighted by atomic mass is 9.86. The van der Waals surface area contributed by atoms with Crippen LogP contribution in [0.25, 0.3) is 6.08 Å². The number of hydrogen-bond acceptors (Lipinski definition) is 5. The van der Waals surface area contributed by atoms with Gasteiger partial charge in [-0.05, 0) is 37.0 Å². The molecule has 0 saturated heterocycles. The summed E-state index contributed by atoms with van der Waals surface area (Å²) < 4.78 is 16.0. The summed E-state index contributed by atoms with van der Waals surface area (Å²) in [5.41, 5.74) is 0.613. The number of nitriles is 1. The Morgan fingerprint density at radius 3 is 2.42 bits per heavy atom. The van der Waals surface area contributed by atoms with Crippen molar-refractivity contribution in [2.45, 2.75) is 38.6 Å². The first kappa shape index (κ1) is 19.6. The fourth-order valence-corrected chi connectivity index (χ4v) is 3.32. The average Bonchev–Trinajstić information content (AvgIpc) is 2.66. The Balaban J connectivity index is 2.30. The van der Waals surface area contributed by atoms with Gasteiger partial charge in [0.05, 0.1) is 21.3 Å². The highest BCUT2D eigenvalue weighted by molar-refractivity contribution is 6.02. The summed E-state index contributed by atoms with van der Waals surface area (Å²) in [6, 6.07) is 5.55. The van der Waals surface area contributed by atoms with Gasteiger partial charge in [-0.3, -0.25) is 4.79 Å². The van der Waals surface area contributed by atoms with E-state index in [9.17, 15) is 10.1 Å². The number of amides is 1. The van der Waals surface area contributed by atoms with Crippen molar-refractivity contribution in [1.29, 1.82) is 5.26 Å². The molecule has 1 amide bonds. The SMILES string of the molecule is COc1ccc(/C=C(\C#N)C(=O)N[C@H]2CCCC[C@H]2C)c(OC)c1OC. The van der Waals surface area contributed by atoms with Crippen LogP contribution >= 0.6 is 0 Å². The molecule has 0 heterocycles. The van der Waals surface area contributed by atoms with Crippen molar-refractivity contribution in [2.24, 2.45) is 5.92 Å². The van der Waals surface area contributed by atoms with Gasteiger partial charge in [0.25, 0.3) is 5.91 Å². The number of benzene rings is 1. The zero-order valence-corrected chi connectivity index (χ0v) is 15.8. The molecule has 0 aliphatic heterocycles. The number of nitrogens with one attached hydrogen (secondary N) is 1. The topological polar surface area (TPSA) is 80.6 Å². The lowest BCUT2D eigenvalue weighted by Crippen LogP contribution is -2.41. The van der Waals surface area contributed by atoms with Crippen LogP contribution in [0.3, 0.4) is 0 Å². The third-order valence-electron chi connectivity index (χ3n) is 4.83. The molecule has 2 rings (SSSR count). The van der Waals surface area contributed by atoms with Gasteiger partial charge in [-0.1, -0.05) is 19.8 Å². The number of methoxy groups -OCH3 is 3. The number of hydrogen-bond donors (Lipinski definition) is 1. The second-order valence-corrected chi connectivity index (χ2v) is 6.44. The van der Waals surface area contributed by atoms with E-state index < -0.39 is 0 Å². The quantitative estimate of drug-likeness (QED) is 0.623. The van der Waals surface area contributed by atoms with Crippen molar-refractivity contribution in [2.75, 3.05) is 21.3 Å². The molecule has 0 radical (unpaired) electrons. The van der Waals surface area contributed by atoms with Crippen molar-refractivity contribution in [1.82, 2.24) is 5.32 Å². The van der Waals surface area contributed by atoms with Crippen LogP contribution in [0.1, 0.15) is 38.2 Å². The lowest BCUT2D eigenvalue weighted by molar-refractivity contribution is -0.118. The van der Waals surface area contributed by atoms with Crippen LogP contribution in [0.15, 0.2) is 17.7 Å². The molecule has 140 valence electrons. The smallest absolute Gasteiger partial charge is 0.262 e. The van der Waals surface area contributed by atoms with Crippen molar-refractivity contribution in [3.8, 4) is 23.3 Å². The molecule has 6 heteroatoms. The minimum Gasteiger partial charge on any atom is -0.493 e. The molecule has 1 aromatic rings. The van der Waals surface area contributed by atoms with E-state index in [0.717, 1.165) is 19.3 Å². The van der Waals surface area contributed by atoms with Gasteiger partial charge in [0, 0.05) is 11.6 Å². The Morgan fingerprint density at radius 1 is 1.15 bits per heavy atom. The molecule has 1 aliphatic carbocycles. The molecule has 6 nitrogen and oxygen atoms in total. The summed E-state index contributed by atoms with van der Waals surface area (Å²) in [6.07, 6.45) is 5.86. The maximum atomic E-state index is 12.6. The van der Waals surface area contributed by atoms with E-state index in [1.54, 1.807) is 12.1 Å². The molecule has 0 spiro atoms. The summed E-state index contributed by atoms with van der Waals surface area (Å²) in [5, 5.41) is 12.5. The number of ether oxygens (including phenoxy) is 3. The fraction of sp³-hybridized carbons (Fsp3) is 0.500. The highest BCUT2D eigenvalue weighted by atomic mass is 16.5. The van der Waals surface area contributed by atoms with E-state index in [4.69, 9.17) is 14.2 Å². The van der Waals surface area contributed by atoms with Crippen molar-refractivity contribution in [3.05, 3.63) is 23.3 Å². The third kappa shape index (κ3) is 4.29. The van der Waals surface area contributed by atoms with Crippen LogP contribution in [0.5, 0.6) is 17.2 Å². The minimum atomic E-state index is -0.358. The highest BCUT2D eigenvalue weighted by Crippen LogP contribution is 2.40. The molecule has 1 fully saturated rings. The van der Waals surface area contributed by atoms with Crippen LogP contribution in [0, 0.1) is 17.2 Å². The van der Waals surface area contributed by atoms with E-state index in [2.05, 4.69) is 12.2 Å². The van der Waals surface area contributed by atoms with Crippen molar-refractivity contribution in [3.63, 3.8) is 0 Å². The van der Waals surface area contributed by atoms with Gasteiger partial charge < -0.3 is 19.5 Å². The minimum absolute atomic E-state index is 0.0355. The zero-order chi connectivity index (χ0) is 19.1. The van der Waals surface area contributed by atoms with E-state index in [0.29, 0.717) is 28.7 Å². The second kappa shape index (κ2) is 9.14. The Labute approximate surface area is 154 Å². The molecular weight excluding hydrogens is 332 g/mol. The monoisotopic (exact) mass is 358 g/mol. The summed E-state index contributed by atoms with van der Waals surface area (Å²) in [6.45, 7) is 2.14. The highest BCUT2D eigenvalue weighted by Gasteiger charge is 2.24. The first-order chi connectivity index (χ1) is 12.5. The van der Waals surface area contributed by atoms with E-state index in [1.807, 2.05) is 6.07 Å². The molecule has 1 saturated carbocycles. The first-order valence-electron chi connectivity index (χ1n) is 8.77. The summed E-state index contributed by atoms with van der Waals surface area (Å²) >= 11 is 0. The van der Waals surface area contributed by atoms with Gasteiger partial charge in [-0.15, -0.1) is 0 Å². The zero-order valence-electron chi connectivity index (χ0n) is 15.8. The summed E-state index contributed by atoms with van der Waals surface area (Å²) in [7, 11) is 4.55. The molecular formula is C20H26N2O4. The van der Waals surface area contributed by atoms with Gasteiger partial charge in [-0.2, -0.15) is 5.26 Å². The fourth-order valence-electron chi connectivity index (χ4n) is 3.32. The van der Waals surface area contributed by atoms with Gasteiger partial charge in [0.2, 0.25) is 5.75 Å². The van der Waals surface area contributed by atoms with Gasteiger partial charge in [-0.25, -0.2) is 0 Å². The predicted octanol–water partition coefficient (Wildman–Crippen LogP) is 3.31. The van der Waals surface area contributed by atoms with Crippen molar-refractivity contribution < 1.29 is 19.0 Å². The molecule has 0 aromatic heterocycles. The Morgan fingerprint density at radius 2 is 1.85 bits per heavy atom. The van der Waals surface area contributed by atoms with Crippen LogP contribution in [0.2, 0.25) is 0 Å². The maximum Gasteiger partial charge on any atom is 0.262 e. The molecule has 0 unspecified atom stereocenters. The summed E-state index contributed by atoms with van der Waals surface area (Å²) in [5.74, 6) is 1.41. The van der Waals surface area contributed by atoms with E-state index >= 15 is 0 Å². The number of nitrogens with zero attached hydrogens (tertiary/aromatic N) is 1. The standard InChI is InChI=1S/C20H26N2O4/c1-13-7-5-6-8-16(13)22-20(23)15(12-21)11-14-9-10-17(24-2)19(26-4)18(14)25-3/h9-11,13,16H,5-8H2,1-4H3,(H,22,23)/b15-11+/t13-,16+/m1/s1. The first-order valence-corrected chi connectivity index (χ1v) is 8.77. The molecule has 2 atom stereocenters. The molecule has 26 heavy (non-hydrogen) atoms. The molecule has 1 aromatic carbocycles. The Kier molecular flexibility index (Phi) is 6.90. The summed E-state index contributed by atoms with van der Waals surface area (Å²) in [4.78, 5) is 12.6. The van der Waals surface area contributed by atoms with Crippen LogP contribution < -0.4 is 19.5 Å². The predicted molar refractivity (Wildman–Crippen MR) is 99.3 cm³/mol. The normalized spacial score (nSPS) is 20.0. The molecule has 1 N–H and O–H groups in total. The number of carbonyl (C=O) groups is 1. The van der Waals surface area contributed by atoms with Crippen molar-refractivity contribution >= 4 is 12.0 Å². The third-order valence-corrected chi connectivity index (χ3v) is 4.83. The lowest BCUT2D eigenvalue weighted by Gasteiger charge is -2.29. The molecule has 0 bridgehead atoms. The number of rotatable bonds is 6. The van der Waals surface area contributed by atoms with Gasteiger partial charge in [0.15, 0.2) is 11.5 Å². The van der Waals surface area contributed by atoms with Gasteiger partial charge in [0.1, 0.15) is 11.6 Å². The Bertz CT molecular complexity index is 721. The average molecular weight is 358 g/mol. The van der Waals surface area contributed by atoms with E-state index in [1.165, 1.54) is 33.8 Å². The maximum absolute atomic E-state index is 12.6. The van der Waals surface area contributed by atoms with E-state index in [-0.39, 0.29) is 17.5 Å². The molecule has 1 aliphatic rings. The van der Waals surface area contributed by atoms with Crippen LogP contribution in [-0.4, -0.2) is 33.3 Å². The van der Waals surface area contributed by atoms with Gasteiger partial charge >= 0.3 is 0 Å². The number of carbonyl (C=O) groups excluding carboxylic acids is 1. The van der Waals surface area contributed by atoms with Crippen LogP contribution in [-0.2, 0) is 4.79 Å². The second-order valence-electron chi connectivity index (χ2n) is 6.44. The Hall–Kier alpha value is -2.68. The largest absolute Gasteiger partial charge is 0.493 e.